The largest absolute Gasteiger partial charge is 0.480 e. The number of carboxylic acid groups (broad SMARTS) is 1. The fourth-order valence-corrected chi connectivity index (χ4v) is 1.66. The number of nitrogens with zero attached hydrogens (tertiary/aromatic N) is 2. The van der Waals surface area contributed by atoms with Gasteiger partial charge >= 0.3 is 5.97 Å². The second-order valence-corrected chi connectivity index (χ2v) is 4.61. The Labute approximate surface area is 101 Å². The minimum atomic E-state index is -0.854. The van der Waals surface area contributed by atoms with Crippen molar-refractivity contribution in [1.29, 1.82) is 0 Å². The van der Waals surface area contributed by atoms with Gasteiger partial charge in [-0.3, -0.25) is 0 Å². The van der Waals surface area contributed by atoms with Gasteiger partial charge in [0.05, 0.1) is 0 Å². The fourth-order valence-electron chi connectivity index (χ4n) is 1.66. The number of nitrogens with one attached hydrogen (secondary N) is 1. The van der Waals surface area contributed by atoms with Crippen LogP contribution in [-0.4, -0.2) is 27.1 Å². The highest BCUT2D eigenvalue weighted by molar-refractivity contribution is 5.76. The van der Waals surface area contributed by atoms with Gasteiger partial charge in [-0.05, 0) is 26.2 Å². The zero-order chi connectivity index (χ0) is 13.0. The average molecular weight is 237 g/mol. The van der Waals surface area contributed by atoms with Gasteiger partial charge in [-0.1, -0.05) is 13.8 Å². The third-order valence-corrected chi connectivity index (χ3v) is 2.29. The highest BCUT2D eigenvalue weighted by Gasteiger charge is 2.19. The summed E-state index contributed by atoms with van der Waals surface area (Å²) in [5.41, 5.74) is 0.827. The molecule has 0 amide bonds. The molecule has 1 rings (SSSR count). The average Bonchev–Trinajstić information content (AvgIpc) is 2.13. The Balaban J connectivity index is 2.82. The van der Waals surface area contributed by atoms with Crippen molar-refractivity contribution in [2.24, 2.45) is 5.92 Å². The number of hydrogen-bond donors (Lipinski definition) is 2. The Morgan fingerprint density at radius 1 is 1.41 bits per heavy atom. The highest BCUT2D eigenvalue weighted by Crippen LogP contribution is 2.12. The first-order valence-electron chi connectivity index (χ1n) is 5.70. The summed E-state index contributed by atoms with van der Waals surface area (Å²) in [5.74, 6) is 0.671. The molecule has 0 aromatic carbocycles. The summed E-state index contributed by atoms with van der Waals surface area (Å²) in [6.07, 6.45) is 0.567. The summed E-state index contributed by atoms with van der Waals surface area (Å²) in [5, 5.41) is 12.1. The van der Waals surface area contributed by atoms with E-state index >= 15 is 0 Å². The van der Waals surface area contributed by atoms with Crippen LogP contribution < -0.4 is 5.32 Å². The molecule has 17 heavy (non-hydrogen) atoms. The second kappa shape index (κ2) is 5.61. The van der Waals surface area contributed by atoms with Crippen molar-refractivity contribution in [2.75, 3.05) is 5.32 Å². The van der Waals surface area contributed by atoms with Gasteiger partial charge in [0.15, 0.2) is 0 Å². The van der Waals surface area contributed by atoms with E-state index in [0.29, 0.717) is 24.0 Å². The molecule has 1 aromatic rings. The van der Waals surface area contributed by atoms with Crippen molar-refractivity contribution in [3.8, 4) is 0 Å². The molecular weight excluding hydrogens is 218 g/mol. The molecule has 94 valence electrons. The van der Waals surface area contributed by atoms with Crippen LogP contribution in [0, 0.1) is 19.8 Å². The maximum absolute atomic E-state index is 11.1. The van der Waals surface area contributed by atoms with Crippen molar-refractivity contribution in [2.45, 2.75) is 40.2 Å². The highest BCUT2D eigenvalue weighted by atomic mass is 16.4. The normalized spacial score (nSPS) is 12.5. The van der Waals surface area contributed by atoms with Crippen LogP contribution in [-0.2, 0) is 4.79 Å². The lowest BCUT2D eigenvalue weighted by Gasteiger charge is -2.17. The number of anilines is 1. The van der Waals surface area contributed by atoms with E-state index in [1.54, 1.807) is 13.0 Å². The predicted molar refractivity (Wildman–Crippen MR) is 66.0 cm³/mol. The number of rotatable bonds is 5. The summed E-state index contributed by atoms with van der Waals surface area (Å²) in [4.78, 5) is 19.4. The molecule has 0 saturated heterocycles. The zero-order valence-electron chi connectivity index (χ0n) is 10.7. The third-order valence-electron chi connectivity index (χ3n) is 2.29. The lowest BCUT2D eigenvalue weighted by atomic mass is 10.0. The third kappa shape index (κ3) is 4.38. The molecule has 0 unspecified atom stereocenters. The Morgan fingerprint density at radius 3 is 2.53 bits per heavy atom. The molecule has 0 radical (unpaired) electrons. The molecule has 1 heterocycles. The van der Waals surface area contributed by atoms with Crippen LogP contribution in [0.25, 0.3) is 0 Å². The summed E-state index contributed by atoms with van der Waals surface area (Å²) in [7, 11) is 0. The Bertz CT molecular complexity index is 384. The molecule has 0 bridgehead atoms. The van der Waals surface area contributed by atoms with Crippen molar-refractivity contribution < 1.29 is 9.90 Å². The van der Waals surface area contributed by atoms with Gasteiger partial charge in [0.1, 0.15) is 17.7 Å². The second-order valence-electron chi connectivity index (χ2n) is 4.61. The van der Waals surface area contributed by atoms with Gasteiger partial charge < -0.3 is 10.4 Å². The molecule has 5 heteroatoms. The minimum Gasteiger partial charge on any atom is -0.480 e. The van der Waals surface area contributed by atoms with E-state index in [1.165, 1.54) is 0 Å². The van der Waals surface area contributed by atoms with Gasteiger partial charge in [0, 0.05) is 11.8 Å². The molecule has 5 nitrogen and oxygen atoms in total. The number of aliphatic carboxylic acids is 1. The number of hydrogen-bond acceptors (Lipinski definition) is 4. The van der Waals surface area contributed by atoms with Crippen molar-refractivity contribution in [3.05, 3.63) is 17.6 Å². The lowest BCUT2D eigenvalue weighted by Crippen LogP contribution is -2.31. The first-order chi connectivity index (χ1) is 7.88. The van der Waals surface area contributed by atoms with E-state index in [2.05, 4.69) is 15.3 Å². The van der Waals surface area contributed by atoms with Crippen LogP contribution in [0.4, 0.5) is 5.82 Å². The molecule has 0 aliphatic carbocycles. The zero-order valence-corrected chi connectivity index (χ0v) is 10.7. The van der Waals surface area contributed by atoms with Gasteiger partial charge in [-0.25, -0.2) is 14.8 Å². The van der Waals surface area contributed by atoms with Gasteiger partial charge in [0.25, 0.3) is 0 Å². The molecule has 2 N–H and O–H groups in total. The Hall–Kier alpha value is -1.65. The monoisotopic (exact) mass is 237 g/mol. The molecule has 0 spiro atoms. The standard InChI is InChI=1S/C12H19N3O2/c1-7(2)5-10(12(16)17)15-11-6-8(3)13-9(4)14-11/h6-7,10H,5H2,1-4H3,(H,16,17)(H,13,14,15)/t10-/m1/s1. The SMILES string of the molecule is Cc1cc(N[C@H](CC(C)C)C(=O)O)nc(C)n1. The maximum Gasteiger partial charge on any atom is 0.326 e. The summed E-state index contributed by atoms with van der Waals surface area (Å²) >= 11 is 0. The topological polar surface area (TPSA) is 75.1 Å². The van der Waals surface area contributed by atoms with Gasteiger partial charge in [-0.15, -0.1) is 0 Å². The summed E-state index contributed by atoms with van der Waals surface area (Å²) < 4.78 is 0. The molecule has 0 fully saturated rings. The minimum absolute atomic E-state index is 0.313. The van der Waals surface area contributed by atoms with Crippen LogP contribution in [0.5, 0.6) is 0 Å². The predicted octanol–water partition coefficient (Wildman–Crippen LogP) is 2.00. The summed E-state index contributed by atoms with van der Waals surface area (Å²) in [6.45, 7) is 7.64. The van der Waals surface area contributed by atoms with E-state index < -0.39 is 12.0 Å². The van der Waals surface area contributed by atoms with E-state index in [4.69, 9.17) is 5.11 Å². The molecule has 1 atom stereocenters. The van der Waals surface area contributed by atoms with E-state index in [9.17, 15) is 4.79 Å². The van der Waals surface area contributed by atoms with Crippen LogP contribution >= 0.6 is 0 Å². The lowest BCUT2D eigenvalue weighted by molar-refractivity contribution is -0.138. The van der Waals surface area contributed by atoms with Crippen molar-refractivity contribution in [1.82, 2.24) is 9.97 Å². The van der Waals surface area contributed by atoms with Crippen LogP contribution in [0.1, 0.15) is 31.8 Å². The van der Waals surface area contributed by atoms with Crippen molar-refractivity contribution in [3.63, 3.8) is 0 Å². The van der Waals surface area contributed by atoms with Crippen LogP contribution in [0.2, 0.25) is 0 Å². The number of aromatic nitrogens is 2. The number of carboxylic acids is 1. The first kappa shape index (κ1) is 13.4. The molecule has 0 saturated carbocycles. The van der Waals surface area contributed by atoms with Crippen LogP contribution in [0.15, 0.2) is 6.07 Å². The van der Waals surface area contributed by atoms with E-state index in [1.807, 2.05) is 20.8 Å². The molecule has 1 aromatic heterocycles. The van der Waals surface area contributed by atoms with Gasteiger partial charge in [0.2, 0.25) is 0 Å². The first-order valence-corrected chi connectivity index (χ1v) is 5.70. The summed E-state index contributed by atoms with van der Waals surface area (Å²) in [6, 6.07) is 1.15. The van der Waals surface area contributed by atoms with E-state index in [-0.39, 0.29) is 0 Å². The molecular formula is C12H19N3O2. The fraction of sp³-hybridized carbons (Fsp3) is 0.583. The number of carbonyl (C=O) groups is 1. The van der Waals surface area contributed by atoms with Gasteiger partial charge in [-0.2, -0.15) is 0 Å². The maximum atomic E-state index is 11.1. The van der Waals surface area contributed by atoms with E-state index in [0.717, 1.165) is 5.69 Å². The van der Waals surface area contributed by atoms with Crippen LogP contribution in [0.3, 0.4) is 0 Å². The van der Waals surface area contributed by atoms with Crippen molar-refractivity contribution >= 4 is 11.8 Å². The Morgan fingerprint density at radius 2 is 2.06 bits per heavy atom. The smallest absolute Gasteiger partial charge is 0.326 e. The molecule has 0 aliphatic heterocycles. The molecule has 0 aliphatic rings. The number of aryl methyl sites for hydroxylation is 2. The Kier molecular flexibility index (Phi) is 4.43. The quantitative estimate of drug-likeness (QED) is 0.819.